The summed E-state index contributed by atoms with van der Waals surface area (Å²) in [6.45, 7) is 9.73. The van der Waals surface area contributed by atoms with Crippen LogP contribution in [0.5, 0.6) is 0 Å². The molecule has 1 aromatic heterocycles. The van der Waals surface area contributed by atoms with Crippen LogP contribution in [0.25, 0.3) is 0 Å². The van der Waals surface area contributed by atoms with E-state index in [9.17, 15) is 0 Å². The van der Waals surface area contributed by atoms with Gasteiger partial charge in [0, 0.05) is 36.5 Å². The Bertz CT molecular complexity index is 377. The van der Waals surface area contributed by atoms with Gasteiger partial charge < -0.3 is 10.2 Å². The first-order valence-electron chi connectivity index (χ1n) is 6.82. The second-order valence-corrected chi connectivity index (χ2v) is 7.21. The summed E-state index contributed by atoms with van der Waals surface area (Å²) in [5.74, 6) is 0. The normalized spacial score (nSPS) is 16.5. The summed E-state index contributed by atoms with van der Waals surface area (Å²) >= 11 is 1.77. The fourth-order valence-electron chi connectivity index (χ4n) is 1.89. The lowest BCUT2D eigenvalue weighted by Crippen LogP contribution is -2.30. The van der Waals surface area contributed by atoms with Crippen LogP contribution in [-0.2, 0) is 12.0 Å². The molecule has 0 radical (unpaired) electrons. The van der Waals surface area contributed by atoms with Crippen LogP contribution >= 0.6 is 11.3 Å². The van der Waals surface area contributed by atoms with Crippen molar-refractivity contribution in [3.05, 3.63) is 16.1 Å². The highest BCUT2D eigenvalue weighted by Gasteiger charge is 2.25. The average Bonchev–Trinajstić information content (AvgIpc) is 3.02. The molecule has 1 fully saturated rings. The third-order valence-corrected chi connectivity index (χ3v) is 4.26. The smallest absolute Gasteiger partial charge is 0.107 e. The van der Waals surface area contributed by atoms with Crippen molar-refractivity contribution in [3.63, 3.8) is 0 Å². The largest absolute Gasteiger partial charge is 0.309 e. The number of likely N-dealkylation sites (N-methyl/N-ethyl adjacent to an activating group) is 1. The molecule has 3 nitrogen and oxygen atoms in total. The predicted octanol–water partition coefficient (Wildman–Crippen LogP) is 2.62. The first-order chi connectivity index (χ1) is 8.47. The van der Waals surface area contributed by atoms with Gasteiger partial charge in [-0.05, 0) is 19.9 Å². The van der Waals surface area contributed by atoms with E-state index < -0.39 is 0 Å². The van der Waals surface area contributed by atoms with Gasteiger partial charge in [0.2, 0.25) is 0 Å². The molecule has 1 saturated carbocycles. The second kappa shape index (κ2) is 5.68. The summed E-state index contributed by atoms with van der Waals surface area (Å²) in [5.41, 5.74) is 1.38. The minimum absolute atomic E-state index is 0.168. The maximum Gasteiger partial charge on any atom is 0.107 e. The molecule has 0 aliphatic heterocycles. The lowest BCUT2D eigenvalue weighted by atomic mass is 9.93. The van der Waals surface area contributed by atoms with Crippen molar-refractivity contribution in [3.8, 4) is 0 Å². The van der Waals surface area contributed by atoms with E-state index in [-0.39, 0.29) is 5.41 Å². The summed E-state index contributed by atoms with van der Waals surface area (Å²) in [5, 5.41) is 6.88. The maximum absolute atomic E-state index is 4.69. The molecule has 1 aliphatic carbocycles. The fourth-order valence-corrected chi connectivity index (χ4v) is 2.88. The molecule has 1 N–H and O–H groups in total. The number of thiazole rings is 1. The van der Waals surface area contributed by atoms with Crippen molar-refractivity contribution in [2.75, 3.05) is 20.1 Å². The predicted molar refractivity (Wildman–Crippen MR) is 78.2 cm³/mol. The van der Waals surface area contributed by atoms with Crippen LogP contribution in [0, 0.1) is 0 Å². The van der Waals surface area contributed by atoms with Gasteiger partial charge in [0.1, 0.15) is 5.01 Å². The molecule has 18 heavy (non-hydrogen) atoms. The monoisotopic (exact) mass is 267 g/mol. The average molecular weight is 267 g/mol. The Kier molecular flexibility index (Phi) is 4.41. The third-order valence-electron chi connectivity index (χ3n) is 3.41. The molecule has 0 amide bonds. The van der Waals surface area contributed by atoms with Crippen molar-refractivity contribution in [1.29, 1.82) is 0 Å². The van der Waals surface area contributed by atoms with Gasteiger partial charge in [-0.2, -0.15) is 0 Å². The lowest BCUT2D eigenvalue weighted by molar-refractivity contribution is 0.321. The Hall–Kier alpha value is -0.450. The number of nitrogens with one attached hydrogen (secondary N) is 1. The van der Waals surface area contributed by atoms with Crippen molar-refractivity contribution >= 4 is 11.3 Å². The molecule has 1 aliphatic rings. The Labute approximate surface area is 115 Å². The summed E-state index contributed by atoms with van der Waals surface area (Å²) in [7, 11) is 2.22. The summed E-state index contributed by atoms with van der Waals surface area (Å²) in [4.78, 5) is 7.14. The van der Waals surface area contributed by atoms with Gasteiger partial charge in [-0.25, -0.2) is 4.98 Å². The molecule has 0 aromatic carbocycles. The highest BCUT2D eigenvalue weighted by Crippen LogP contribution is 2.25. The molecule has 0 atom stereocenters. The number of hydrogen-bond donors (Lipinski definition) is 1. The van der Waals surface area contributed by atoms with Crippen molar-refractivity contribution in [1.82, 2.24) is 15.2 Å². The van der Waals surface area contributed by atoms with Crippen molar-refractivity contribution in [2.24, 2.45) is 0 Å². The zero-order valence-corrected chi connectivity index (χ0v) is 12.8. The molecule has 0 spiro atoms. The standard InChI is InChI=1S/C14H25N3S/c1-14(2,3)12-10-18-13(16-12)9-15-7-8-17(4)11-5-6-11/h10-11,15H,5-9H2,1-4H3. The van der Waals surface area contributed by atoms with Gasteiger partial charge in [0.25, 0.3) is 0 Å². The molecule has 2 rings (SSSR count). The lowest BCUT2D eigenvalue weighted by Gasteiger charge is -2.15. The van der Waals surface area contributed by atoms with Gasteiger partial charge in [-0.3, -0.25) is 0 Å². The van der Waals surface area contributed by atoms with Crippen LogP contribution in [0.3, 0.4) is 0 Å². The summed E-state index contributed by atoms with van der Waals surface area (Å²) < 4.78 is 0. The number of nitrogens with zero attached hydrogens (tertiary/aromatic N) is 2. The zero-order valence-electron chi connectivity index (χ0n) is 12.0. The summed E-state index contributed by atoms with van der Waals surface area (Å²) in [6.07, 6.45) is 2.77. The topological polar surface area (TPSA) is 28.2 Å². The SMILES string of the molecule is CN(CCNCc1nc(C(C)(C)C)cs1)C1CC1. The van der Waals surface area contributed by atoms with E-state index in [1.807, 2.05) is 0 Å². The van der Waals surface area contributed by atoms with E-state index in [0.717, 1.165) is 25.7 Å². The number of hydrogen-bond acceptors (Lipinski definition) is 4. The first kappa shape index (κ1) is 14.0. The van der Waals surface area contributed by atoms with Gasteiger partial charge in [-0.15, -0.1) is 11.3 Å². The molecule has 102 valence electrons. The van der Waals surface area contributed by atoms with Gasteiger partial charge in [0.15, 0.2) is 0 Å². The van der Waals surface area contributed by atoms with Crippen LogP contribution in [0.4, 0.5) is 0 Å². The molecular formula is C14H25N3S. The highest BCUT2D eigenvalue weighted by atomic mass is 32.1. The van der Waals surface area contributed by atoms with Crippen LogP contribution in [0.15, 0.2) is 5.38 Å². The summed E-state index contributed by atoms with van der Waals surface area (Å²) in [6, 6.07) is 0.860. The Morgan fingerprint density at radius 2 is 2.17 bits per heavy atom. The molecular weight excluding hydrogens is 242 g/mol. The quantitative estimate of drug-likeness (QED) is 0.803. The first-order valence-corrected chi connectivity index (χ1v) is 7.70. The van der Waals surface area contributed by atoms with E-state index in [0.29, 0.717) is 0 Å². The highest BCUT2D eigenvalue weighted by molar-refractivity contribution is 7.09. The second-order valence-electron chi connectivity index (χ2n) is 6.27. The van der Waals surface area contributed by atoms with Crippen molar-refractivity contribution < 1.29 is 0 Å². The van der Waals surface area contributed by atoms with E-state index in [1.54, 1.807) is 11.3 Å². The van der Waals surface area contributed by atoms with Gasteiger partial charge >= 0.3 is 0 Å². The van der Waals surface area contributed by atoms with Crippen molar-refractivity contribution in [2.45, 2.75) is 51.6 Å². The molecule has 0 unspecified atom stereocenters. The fraction of sp³-hybridized carbons (Fsp3) is 0.786. The van der Waals surface area contributed by atoms with Gasteiger partial charge in [0.05, 0.1) is 5.69 Å². The van der Waals surface area contributed by atoms with E-state index in [1.165, 1.54) is 23.5 Å². The van der Waals surface area contributed by atoms with Crippen LogP contribution in [0.1, 0.15) is 44.3 Å². The molecule has 0 bridgehead atoms. The third kappa shape index (κ3) is 4.04. The minimum atomic E-state index is 0.168. The minimum Gasteiger partial charge on any atom is -0.309 e. The molecule has 1 heterocycles. The molecule has 1 aromatic rings. The molecule has 0 saturated heterocycles. The molecule has 4 heteroatoms. The van der Waals surface area contributed by atoms with Crippen LogP contribution in [0.2, 0.25) is 0 Å². The Morgan fingerprint density at radius 1 is 1.44 bits per heavy atom. The Balaban J connectivity index is 1.68. The number of rotatable bonds is 6. The van der Waals surface area contributed by atoms with E-state index >= 15 is 0 Å². The van der Waals surface area contributed by atoms with E-state index in [4.69, 9.17) is 0 Å². The van der Waals surface area contributed by atoms with E-state index in [2.05, 4.69) is 48.4 Å². The maximum atomic E-state index is 4.69. The van der Waals surface area contributed by atoms with Crippen LogP contribution in [-0.4, -0.2) is 36.1 Å². The Morgan fingerprint density at radius 3 is 2.72 bits per heavy atom. The number of aromatic nitrogens is 1. The van der Waals surface area contributed by atoms with Crippen LogP contribution < -0.4 is 5.32 Å². The van der Waals surface area contributed by atoms with Gasteiger partial charge in [-0.1, -0.05) is 20.8 Å². The zero-order chi connectivity index (χ0) is 13.2.